The first-order chi connectivity index (χ1) is 4.33. The predicted molar refractivity (Wildman–Crippen MR) is 44.2 cm³/mol. The lowest BCUT2D eigenvalue weighted by Gasteiger charge is -1.92. The zero-order valence-electron chi connectivity index (χ0n) is 4.92. The lowest BCUT2D eigenvalue weighted by molar-refractivity contribution is 0.350. The lowest BCUT2D eigenvalue weighted by Crippen LogP contribution is -1.86. The van der Waals surface area contributed by atoms with E-state index < -0.39 is 0 Å². The minimum atomic E-state index is 0.724. The zero-order chi connectivity index (χ0) is 6.69. The molecule has 0 atom stereocenters. The predicted octanol–water partition coefficient (Wildman–Crippen LogP) is 2.94. The molecule has 50 valence electrons. The third-order valence-corrected chi connectivity index (χ3v) is 3.46. The van der Waals surface area contributed by atoms with Crippen LogP contribution < -0.4 is 4.74 Å². The van der Waals surface area contributed by atoms with Crippen molar-refractivity contribution in [2.45, 2.75) is 6.92 Å². The Labute approximate surface area is 66.3 Å². The maximum atomic E-state index is 5.19. The van der Waals surface area contributed by atoms with Crippen LogP contribution in [0.1, 0.15) is 6.92 Å². The molecule has 0 aliphatic rings. The molecule has 1 aromatic rings. The molecule has 1 heterocycles. The van der Waals surface area contributed by atoms with Gasteiger partial charge in [-0.1, -0.05) is 22.6 Å². The van der Waals surface area contributed by atoms with Gasteiger partial charge in [-0.05, 0) is 17.3 Å². The van der Waals surface area contributed by atoms with E-state index in [1.807, 2.05) is 13.0 Å². The van der Waals surface area contributed by atoms with Gasteiger partial charge >= 0.3 is 0 Å². The maximum Gasteiger partial charge on any atom is 0.185 e. The highest BCUT2D eigenvalue weighted by molar-refractivity contribution is 7.79. The molecule has 0 radical (unpaired) electrons. The first kappa shape index (κ1) is 7.18. The Morgan fingerprint density at radius 3 is 2.89 bits per heavy atom. The van der Waals surface area contributed by atoms with E-state index in [9.17, 15) is 0 Å². The Balaban J connectivity index is 2.73. The van der Waals surface area contributed by atoms with Gasteiger partial charge in [0.1, 0.15) is 3.82 Å². The van der Waals surface area contributed by atoms with Gasteiger partial charge in [0.2, 0.25) is 0 Å². The molecule has 0 aliphatic carbocycles. The number of rotatable bonds is 2. The van der Waals surface area contributed by atoms with Crippen LogP contribution in [0.5, 0.6) is 5.06 Å². The van der Waals surface area contributed by atoms with Gasteiger partial charge < -0.3 is 4.74 Å². The summed E-state index contributed by atoms with van der Waals surface area (Å²) >= 11 is 4.90. The quantitative estimate of drug-likeness (QED) is 0.508. The van der Waals surface area contributed by atoms with Gasteiger partial charge in [-0.3, -0.25) is 0 Å². The minimum Gasteiger partial charge on any atom is -0.484 e. The van der Waals surface area contributed by atoms with E-state index in [1.54, 1.807) is 20.7 Å². The van der Waals surface area contributed by atoms with Crippen LogP contribution in [0.4, 0.5) is 0 Å². The normalized spacial score (nSPS) is 9.44. The highest BCUT2D eigenvalue weighted by atomic mass is 32.9. The molecule has 0 unspecified atom stereocenters. The number of hydrogen-bond acceptors (Lipinski definition) is 4. The molecule has 0 saturated carbocycles. The van der Waals surface area contributed by atoms with E-state index in [0.29, 0.717) is 0 Å². The Morgan fingerprint density at radius 1 is 1.67 bits per heavy atom. The molecule has 9 heavy (non-hydrogen) atoms. The van der Waals surface area contributed by atoms with E-state index in [-0.39, 0.29) is 0 Å². The largest absolute Gasteiger partial charge is 0.484 e. The van der Waals surface area contributed by atoms with Crippen molar-refractivity contribution in [1.29, 1.82) is 0 Å². The van der Waals surface area contributed by atoms with Crippen LogP contribution in [0, 0.1) is 3.82 Å². The fourth-order valence-corrected chi connectivity index (χ4v) is 2.57. The first-order valence-electron chi connectivity index (χ1n) is 2.56. The standard InChI is InChI=1S/C5H6OS3/c1-2-6-4-3-5(7)9-8-4/h3H,2H2,1H3. The van der Waals surface area contributed by atoms with Crippen molar-refractivity contribution in [2.24, 2.45) is 0 Å². The number of ether oxygens (including phenoxy) is 1. The van der Waals surface area contributed by atoms with Crippen molar-refractivity contribution in [1.82, 2.24) is 0 Å². The Hall–Kier alpha value is 0.0700. The molecule has 1 aromatic heterocycles. The van der Waals surface area contributed by atoms with Gasteiger partial charge in [0, 0.05) is 6.07 Å². The molecule has 1 nitrogen and oxygen atoms in total. The molecule has 0 saturated heterocycles. The van der Waals surface area contributed by atoms with Crippen LogP contribution in [0.25, 0.3) is 0 Å². The fourth-order valence-electron chi connectivity index (χ4n) is 0.434. The molecule has 0 aromatic carbocycles. The van der Waals surface area contributed by atoms with Crippen molar-refractivity contribution in [2.75, 3.05) is 6.61 Å². The second-order valence-corrected chi connectivity index (χ2v) is 4.26. The highest BCUT2D eigenvalue weighted by Gasteiger charge is 1.92. The molecule has 0 N–H and O–H groups in total. The summed E-state index contributed by atoms with van der Waals surface area (Å²) in [7, 11) is 3.17. The van der Waals surface area contributed by atoms with Crippen molar-refractivity contribution >= 4 is 32.9 Å². The summed E-state index contributed by atoms with van der Waals surface area (Å²) in [5, 5.41) is 0.938. The van der Waals surface area contributed by atoms with Crippen LogP contribution in [-0.2, 0) is 0 Å². The van der Waals surface area contributed by atoms with Crippen LogP contribution in [0.2, 0.25) is 0 Å². The summed E-state index contributed by atoms with van der Waals surface area (Å²) < 4.78 is 6.09. The smallest absolute Gasteiger partial charge is 0.185 e. The van der Waals surface area contributed by atoms with Crippen LogP contribution >= 0.6 is 32.9 Å². The Kier molecular flexibility index (Phi) is 2.63. The third kappa shape index (κ3) is 2.04. The molecule has 0 amide bonds. The summed E-state index contributed by atoms with van der Waals surface area (Å²) in [6.45, 7) is 2.69. The average Bonchev–Trinajstić information content (AvgIpc) is 2.17. The maximum absolute atomic E-state index is 5.19. The van der Waals surface area contributed by atoms with E-state index in [1.165, 1.54) is 0 Å². The van der Waals surface area contributed by atoms with Crippen LogP contribution in [0.3, 0.4) is 0 Å². The van der Waals surface area contributed by atoms with Crippen LogP contribution in [-0.4, -0.2) is 6.61 Å². The molecular formula is C5H6OS3. The number of hydrogen-bond donors (Lipinski definition) is 0. The van der Waals surface area contributed by atoms with E-state index >= 15 is 0 Å². The molecule has 0 spiro atoms. The summed E-state index contributed by atoms with van der Waals surface area (Å²) in [6, 6.07) is 1.88. The summed E-state index contributed by atoms with van der Waals surface area (Å²) in [6.07, 6.45) is 0. The van der Waals surface area contributed by atoms with Crippen molar-refractivity contribution in [3.8, 4) is 5.06 Å². The van der Waals surface area contributed by atoms with Gasteiger partial charge in [-0.25, -0.2) is 0 Å². The van der Waals surface area contributed by atoms with Gasteiger partial charge in [-0.15, -0.1) is 0 Å². The van der Waals surface area contributed by atoms with Crippen molar-refractivity contribution in [3.05, 3.63) is 9.89 Å². The molecule has 4 heteroatoms. The third-order valence-electron chi connectivity index (χ3n) is 0.728. The Morgan fingerprint density at radius 2 is 2.44 bits per heavy atom. The van der Waals surface area contributed by atoms with Crippen molar-refractivity contribution in [3.63, 3.8) is 0 Å². The molecule has 1 rings (SSSR count). The van der Waals surface area contributed by atoms with Gasteiger partial charge in [0.05, 0.1) is 6.61 Å². The van der Waals surface area contributed by atoms with Crippen molar-refractivity contribution < 1.29 is 4.74 Å². The summed E-state index contributed by atoms with van der Waals surface area (Å²) in [5.74, 6) is 0. The fraction of sp³-hybridized carbons (Fsp3) is 0.400. The Bertz CT molecular complexity index is 224. The molecule has 0 bridgehead atoms. The highest BCUT2D eigenvalue weighted by Crippen LogP contribution is 2.25. The average molecular weight is 178 g/mol. The molecular weight excluding hydrogens is 172 g/mol. The monoisotopic (exact) mass is 178 g/mol. The first-order valence-corrected chi connectivity index (χ1v) is 5.11. The van der Waals surface area contributed by atoms with Gasteiger partial charge in [0.15, 0.2) is 5.06 Å². The summed E-state index contributed by atoms with van der Waals surface area (Å²) in [5.41, 5.74) is 0. The minimum absolute atomic E-state index is 0.724. The van der Waals surface area contributed by atoms with E-state index in [2.05, 4.69) is 0 Å². The lowest BCUT2D eigenvalue weighted by atomic mass is 10.7. The molecule has 0 aliphatic heterocycles. The van der Waals surface area contributed by atoms with Gasteiger partial charge in [-0.2, -0.15) is 0 Å². The van der Waals surface area contributed by atoms with E-state index in [4.69, 9.17) is 17.0 Å². The van der Waals surface area contributed by atoms with Crippen LogP contribution in [0.15, 0.2) is 6.07 Å². The zero-order valence-corrected chi connectivity index (χ0v) is 7.37. The van der Waals surface area contributed by atoms with Gasteiger partial charge in [0.25, 0.3) is 0 Å². The molecule has 0 fully saturated rings. The SMILES string of the molecule is CCOc1cc(=S)ss1. The summed E-state index contributed by atoms with van der Waals surface area (Å²) in [4.78, 5) is 0. The van der Waals surface area contributed by atoms with E-state index in [0.717, 1.165) is 15.5 Å². The topological polar surface area (TPSA) is 9.23 Å². The second kappa shape index (κ2) is 3.29. The second-order valence-electron chi connectivity index (χ2n) is 1.38.